The Labute approximate surface area is 185 Å². The van der Waals surface area contributed by atoms with Crippen molar-refractivity contribution in [3.05, 3.63) is 64.4 Å². The quantitative estimate of drug-likeness (QED) is 0.347. The number of nitrogens with one attached hydrogen (secondary N) is 1. The monoisotopic (exact) mass is 441 g/mol. The molecule has 0 unspecified atom stereocenters. The smallest absolute Gasteiger partial charge is 0.305 e. The Hall–Kier alpha value is -3.12. The molecule has 1 amide bonds. The Bertz CT molecular complexity index is 1100. The molecule has 0 spiro atoms. The molecule has 0 aliphatic carbocycles. The van der Waals surface area contributed by atoms with E-state index >= 15 is 0 Å². The van der Waals surface area contributed by atoms with Crippen LogP contribution in [-0.2, 0) is 20.7 Å². The summed E-state index contributed by atoms with van der Waals surface area (Å²) in [6.45, 7) is 2.03. The molecule has 0 fully saturated rings. The van der Waals surface area contributed by atoms with Gasteiger partial charge in [0, 0.05) is 46.1 Å². The molecular formula is C24H24ClNO5. The summed E-state index contributed by atoms with van der Waals surface area (Å²) in [4.78, 5) is 36.9. The third kappa shape index (κ3) is 5.52. The van der Waals surface area contributed by atoms with Gasteiger partial charge in [-0.1, -0.05) is 24.9 Å². The molecule has 31 heavy (non-hydrogen) atoms. The molecule has 0 aliphatic heterocycles. The predicted octanol–water partition coefficient (Wildman–Crippen LogP) is 5.55. The highest BCUT2D eigenvalue weighted by atomic mass is 35.5. The number of methoxy groups -OCH3 is 1. The van der Waals surface area contributed by atoms with E-state index in [1.807, 2.05) is 6.92 Å². The van der Waals surface area contributed by atoms with Crippen molar-refractivity contribution >= 4 is 45.9 Å². The van der Waals surface area contributed by atoms with Crippen molar-refractivity contribution in [3.8, 4) is 0 Å². The fourth-order valence-corrected chi connectivity index (χ4v) is 3.41. The van der Waals surface area contributed by atoms with Gasteiger partial charge in [0.1, 0.15) is 5.58 Å². The number of unbranched alkanes of at least 4 members (excludes halogenated alkanes) is 1. The van der Waals surface area contributed by atoms with Crippen molar-refractivity contribution in [2.75, 3.05) is 12.4 Å². The van der Waals surface area contributed by atoms with E-state index in [1.54, 1.807) is 42.5 Å². The van der Waals surface area contributed by atoms with Gasteiger partial charge in [0.2, 0.25) is 11.7 Å². The van der Waals surface area contributed by atoms with Gasteiger partial charge in [0.25, 0.3) is 0 Å². The van der Waals surface area contributed by atoms with E-state index in [9.17, 15) is 14.4 Å². The normalized spacial score (nSPS) is 10.8. The number of carbonyl (C=O) groups excluding carboxylic acids is 3. The number of rotatable bonds is 9. The summed E-state index contributed by atoms with van der Waals surface area (Å²) in [6.07, 6.45) is 2.59. The molecule has 0 radical (unpaired) electrons. The molecule has 0 atom stereocenters. The summed E-state index contributed by atoms with van der Waals surface area (Å²) >= 11 is 5.93. The molecule has 0 saturated heterocycles. The molecule has 1 aromatic heterocycles. The summed E-state index contributed by atoms with van der Waals surface area (Å²) in [5.74, 6) is -0.591. The van der Waals surface area contributed by atoms with E-state index in [0.29, 0.717) is 39.2 Å². The first kappa shape index (κ1) is 22.6. The van der Waals surface area contributed by atoms with Crippen molar-refractivity contribution < 1.29 is 23.5 Å². The lowest BCUT2D eigenvalue weighted by Gasteiger charge is -2.05. The molecule has 162 valence electrons. The Morgan fingerprint density at radius 1 is 1.06 bits per heavy atom. The van der Waals surface area contributed by atoms with Gasteiger partial charge in [-0.15, -0.1) is 0 Å². The van der Waals surface area contributed by atoms with E-state index in [1.165, 1.54) is 7.11 Å². The number of benzene rings is 2. The van der Waals surface area contributed by atoms with Crippen LogP contribution in [0.2, 0.25) is 5.02 Å². The van der Waals surface area contributed by atoms with E-state index < -0.39 is 0 Å². The minimum atomic E-state index is -0.376. The number of ether oxygens (including phenoxy) is 1. The zero-order chi connectivity index (χ0) is 22.4. The highest BCUT2D eigenvalue weighted by Gasteiger charge is 2.23. The SMILES string of the molecule is CCCCC(=O)Nc1ccc2c(CCC(=O)OC)c(C(=O)c3ccc(Cl)cc3)oc2c1. The van der Waals surface area contributed by atoms with Crippen molar-refractivity contribution in [3.63, 3.8) is 0 Å². The molecule has 7 heteroatoms. The van der Waals surface area contributed by atoms with Crippen molar-refractivity contribution in [1.29, 1.82) is 0 Å². The number of carbonyl (C=O) groups is 3. The van der Waals surface area contributed by atoms with Gasteiger partial charge in [-0.2, -0.15) is 0 Å². The number of hydrogen-bond donors (Lipinski definition) is 1. The molecular weight excluding hydrogens is 418 g/mol. The van der Waals surface area contributed by atoms with Crippen LogP contribution in [0.3, 0.4) is 0 Å². The van der Waals surface area contributed by atoms with Crippen LogP contribution >= 0.6 is 11.6 Å². The van der Waals surface area contributed by atoms with Crippen LogP contribution in [0.15, 0.2) is 46.9 Å². The number of hydrogen-bond acceptors (Lipinski definition) is 5. The number of amides is 1. The minimum Gasteiger partial charge on any atom is -0.469 e. The summed E-state index contributed by atoms with van der Waals surface area (Å²) in [5.41, 5.74) is 2.11. The second kappa shape index (κ2) is 10.3. The Morgan fingerprint density at radius 2 is 1.81 bits per heavy atom. The van der Waals surface area contributed by atoms with E-state index in [0.717, 1.165) is 12.8 Å². The van der Waals surface area contributed by atoms with Crippen molar-refractivity contribution in [2.45, 2.75) is 39.0 Å². The summed E-state index contributed by atoms with van der Waals surface area (Å²) in [5, 5.41) is 4.09. The van der Waals surface area contributed by atoms with E-state index in [4.69, 9.17) is 20.8 Å². The largest absolute Gasteiger partial charge is 0.469 e. The zero-order valence-electron chi connectivity index (χ0n) is 17.5. The maximum atomic E-state index is 13.1. The Morgan fingerprint density at radius 3 is 2.48 bits per heavy atom. The Kier molecular flexibility index (Phi) is 7.47. The zero-order valence-corrected chi connectivity index (χ0v) is 18.3. The second-order valence-electron chi connectivity index (χ2n) is 7.18. The highest BCUT2D eigenvalue weighted by Crippen LogP contribution is 2.31. The molecule has 1 heterocycles. The van der Waals surface area contributed by atoms with E-state index in [-0.39, 0.29) is 36.3 Å². The van der Waals surface area contributed by atoms with Gasteiger partial charge in [-0.25, -0.2) is 0 Å². The van der Waals surface area contributed by atoms with E-state index in [2.05, 4.69) is 5.32 Å². The third-order valence-corrected chi connectivity index (χ3v) is 5.21. The molecule has 3 rings (SSSR count). The van der Waals surface area contributed by atoms with Crippen LogP contribution in [-0.4, -0.2) is 24.8 Å². The first-order valence-electron chi connectivity index (χ1n) is 10.1. The molecule has 6 nitrogen and oxygen atoms in total. The highest BCUT2D eigenvalue weighted by molar-refractivity contribution is 6.30. The molecule has 2 aromatic carbocycles. The number of esters is 1. The first-order valence-corrected chi connectivity index (χ1v) is 10.5. The number of ketones is 1. The minimum absolute atomic E-state index is 0.0730. The maximum absolute atomic E-state index is 13.1. The predicted molar refractivity (Wildman–Crippen MR) is 120 cm³/mol. The average molecular weight is 442 g/mol. The first-order chi connectivity index (χ1) is 14.9. The number of halogens is 1. The van der Waals surface area contributed by atoms with Crippen molar-refractivity contribution in [2.24, 2.45) is 0 Å². The summed E-state index contributed by atoms with van der Waals surface area (Å²) in [6, 6.07) is 11.8. The number of fused-ring (bicyclic) bond motifs is 1. The lowest BCUT2D eigenvalue weighted by Crippen LogP contribution is -2.10. The van der Waals surface area contributed by atoms with Crippen LogP contribution in [0, 0.1) is 0 Å². The Balaban J connectivity index is 1.97. The maximum Gasteiger partial charge on any atom is 0.305 e. The van der Waals surface area contributed by atoms with Gasteiger partial charge < -0.3 is 14.5 Å². The molecule has 0 bridgehead atoms. The van der Waals surface area contributed by atoms with Crippen molar-refractivity contribution in [1.82, 2.24) is 0 Å². The number of aryl methyl sites for hydroxylation is 1. The molecule has 3 aromatic rings. The third-order valence-electron chi connectivity index (χ3n) is 4.95. The molecule has 0 saturated carbocycles. The van der Waals surface area contributed by atoms with Gasteiger partial charge in [-0.3, -0.25) is 14.4 Å². The lowest BCUT2D eigenvalue weighted by atomic mass is 10.00. The fraction of sp³-hybridized carbons (Fsp3) is 0.292. The fourth-order valence-electron chi connectivity index (χ4n) is 3.28. The molecule has 0 aliphatic rings. The van der Waals surface area contributed by atoms with Gasteiger partial charge in [0.15, 0.2) is 5.76 Å². The number of anilines is 1. The van der Waals surface area contributed by atoms with Gasteiger partial charge >= 0.3 is 5.97 Å². The second-order valence-corrected chi connectivity index (χ2v) is 7.62. The molecule has 1 N–H and O–H groups in total. The van der Waals surface area contributed by atoms with Gasteiger partial charge in [0.05, 0.1) is 7.11 Å². The number of furan rings is 1. The van der Waals surface area contributed by atoms with Crippen LogP contribution in [0.1, 0.15) is 54.3 Å². The topological polar surface area (TPSA) is 85.6 Å². The summed E-state index contributed by atoms with van der Waals surface area (Å²) in [7, 11) is 1.32. The van der Waals surface area contributed by atoms with Crippen LogP contribution in [0.4, 0.5) is 5.69 Å². The van der Waals surface area contributed by atoms with Gasteiger partial charge in [-0.05, 0) is 49.2 Å². The van der Waals surface area contributed by atoms with Crippen LogP contribution in [0.25, 0.3) is 11.0 Å². The average Bonchev–Trinajstić information content (AvgIpc) is 3.13. The van der Waals surface area contributed by atoms with Crippen LogP contribution in [0.5, 0.6) is 0 Å². The summed E-state index contributed by atoms with van der Waals surface area (Å²) < 4.78 is 10.7. The standard InChI is InChI=1S/C24H24ClNO5/c1-3-4-5-21(27)26-17-10-11-18-19(12-13-22(28)30-2)24(31-20(18)14-17)23(29)15-6-8-16(25)9-7-15/h6-11,14H,3-5,12-13H2,1-2H3,(H,26,27). The lowest BCUT2D eigenvalue weighted by molar-refractivity contribution is -0.140. The van der Waals surface area contributed by atoms with Crippen LogP contribution < -0.4 is 5.32 Å².